The summed E-state index contributed by atoms with van der Waals surface area (Å²) in [6.45, 7) is 0. The third kappa shape index (κ3) is 2.28. The Labute approximate surface area is 130 Å². The molecule has 0 aliphatic carbocycles. The number of hydrogen-bond donors (Lipinski definition) is 2. The van der Waals surface area contributed by atoms with Crippen LogP contribution in [-0.4, -0.2) is 25.4 Å². The molecule has 4 aromatic rings. The lowest BCUT2D eigenvalue weighted by atomic mass is 10.0. The van der Waals surface area contributed by atoms with E-state index in [0.717, 1.165) is 5.56 Å². The molecule has 0 fully saturated rings. The predicted octanol–water partition coefficient (Wildman–Crippen LogP) is 2.80. The normalized spacial score (nSPS) is 11.0. The highest BCUT2D eigenvalue weighted by atomic mass is 19.1. The molecule has 3 N–H and O–H groups in total. The van der Waals surface area contributed by atoms with E-state index >= 15 is 0 Å². The number of benzene rings is 2. The lowest BCUT2D eigenvalue weighted by molar-refractivity contribution is 0.588. The number of H-pyrrole nitrogens is 1. The predicted molar refractivity (Wildman–Crippen MR) is 84.7 cm³/mol. The molecule has 0 atom stereocenters. The zero-order chi connectivity index (χ0) is 15.8. The second-order valence-electron chi connectivity index (χ2n) is 5.01. The number of hydrogen-bond acceptors (Lipinski definition) is 5. The Morgan fingerprint density at radius 2 is 1.74 bits per heavy atom. The van der Waals surface area contributed by atoms with Crippen LogP contribution in [0.15, 0.2) is 48.5 Å². The standard InChI is InChI=1S/C16H11FN6/c17-15-11-8-10(6-7-12(11)20-22-15)14-13(19-16(18)23-21-14)9-4-2-1-3-5-9/h1-8H,(H,20,22)(H2,18,19,23). The molecule has 4 rings (SSSR count). The Bertz CT molecular complexity index is 996. The summed E-state index contributed by atoms with van der Waals surface area (Å²) < 4.78 is 13.7. The third-order valence-electron chi connectivity index (χ3n) is 3.54. The van der Waals surface area contributed by atoms with Crippen LogP contribution in [0.2, 0.25) is 0 Å². The van der Waals surface area contributed by atoms with Crippen LogP contribution >= 0.6 is 0 Å². The number of aromatic amines is 1. The molecule has 0 saturated carbocycles. The summed E-state index contributed by atoms with van der Waals surface area (Å²) in [7, 11) is 0. The Hall–Kier alpha value is -3.35. The number of nitrogens with two attached hydrogens (primary N) is 1. The maximum Gasteiger partial charge on any atom is 0.240 e. The summed E-state index contributed by atoms with van der Waals surface area (Å²) in [5, 5.41) is 14.6. The van der Waals surface area contributed by atoms with Gasteiger partial charge in [-0.3, -0.25) is 5.10 Å². The first kappa shape index (κ1) is 13.3. The molecule has 7 heteroatoms. The molecule has 0 saturated heterocycles. The van der Waals surface area contributed by atoms with Crippen molar-refractivity contribution in [2.24, 2.45) is 0 Å². The van der Waals surface area contributed by atoms with Crippen LogP contribution in [0.3, 0.4) is 0 Å². The Balaban J connectivity index is 1.95. The largest absolute Gasteiger partial charge is 0.366 e. The summed E-state index contributed by atoms with van der Waals surface area (Å²) in [6, 6.07) is 14.7. The summed E-state index contributed by atoms with van der Waals surface area (Å²) >= 11 is 0. The van der Waals surface area contributed by atoms with Crippen LogP contribution in [0.4, 0.5) is 10.3 Å². The van der Waals surface area contributed by atoms with Gasteiger partial charge in [0.05, 0.1) is 10.9 Å². The average Bonchev–Trinajstić information content (AvgIpc) is 2.96. The third-order valence-corrected chi connectivity index (χ3v) is 3.54. The molecule has 0 amide bonds. The van der Waals surface area contributed by atoms with Crippen molar-refractivity contribution in [2.45, 2.75) is 0 Å². The van der Waals surface area contributed by atoms with E-state index in [2.05, 4.69) is 25.4 Å². The van der Waals surface area contributed by atoms with Gasteiger partial charge in [0, 0.05) is 11.1 Å². The van der Waals surface area contributed by atoms with E-state index in [0.29, 0.717) is 27.9 Å². The first-order chi connectivity index (χ1) is 11.2. The summed E-state index contributed by atoms with van der Waals surface area (Å²) in [6.07, 6.45) is 0. The lowest BCUT2D eigenvalue weighted by Crippen LogP contribution is -2.02. The quantitative estimate of drug-likeness (QED) is 0.594. The number of aromatic nitrogens is 5. The van der Waals surface area contributed by atoms with Crippen molar-refractivity contribution in [1.82, 2.24) is 25.4 Å². The maximum atomic E-state index is 13.7. The van der Waals surface area contributed by atoms with Gasteiger partial charge in [-0.15, -0.1) is 15.3 Å². The van der Waals surface area contributed by atoms with Crippen LogP contribution in [0, 0.1) is 5.95 Å². The van der Waals surface area contributed by atoms with E-state index in [4.69, 9.17) is 5.73 Å². The molecule has 0 bridgehead atoms. The van der Waals surface area contributed by atoms with Crippen LogP contribution in [0.5, 0.6) is 0 Å². The van der Waals surface area contributed by atoms with Gasteiger partial charge < -0.3 is 5.73 Å². The second-order valence-corrected chi connectivity index (χ2v) is 5.01. The number of nitrogens with one attached hydrogen (secondary N) is 1. The number of halogens is 1. The second kappa shape index (κ2) is 5.13. The van der Waals surface area contributed by atoms with Crippen molar-refractivity contribution in [3.63, 3.8) is 0 Å². The van der Waals surface area contributed by atoms with Crippen molar-refractivity contribution < 1.29 is 4.39 Å². The highest BCUT2D eigenvalue weighted by molar-refractivity contribution is 5.87. The molecule has 0 spiro atoms. The molecule has 0 aliphatic rings. The van der Waals surface area contributed by atoms with Crippen molar-refractivity contribution >= 4 is 16.9 Å². The number of nitrogens with zero attached hydrogens (tertiary/aromatic N) is 4. The first-order valence-electron chi connectivity index (χ1n) is 6.92. The topological polar surface area (TPSA) is 93.4 Å². The summed E-state index contributed by atoms with van der Waals surface area (Å²) in [4.78, 5) is 4.30. The van der Waals surface area contributed by atoms with Crippen molar-refractivity contribution in [3.05, 3.63) is 54.5 Å². The Morgan fingerprint density at radius 3 is 2.57 bits per heavy atom. The molecule has 112 valence electrons. The van der Waals surface area contributed by atoms with Crippen molar-refractivity contribution in [1.29, 1.82) is 0 Å². The van der Waals surface area contributed by atoms with Crippen molar-refractivity contribution in [3.8, 4) is 22.5 Å². The number of fused-ring (bicyclic) bond motifs is 1. The molecular weight excluding hydrogens is 295 g/mol. The molecule has 0 unspecified atom stereocenters. The van der Waals surface area contributed by atoms with Gasteiger partial charge in [-0.2, -0.15) is 4.39 Å². The van der Waals surface area contributed by atoms with Gasteiger partial charge in [0.1, 0.15) is 11.4 Å². The summed E-state index contributed by atoms with van der Waals surface area (Å²) in [5.41, 5.74) is 8.98. The van der Waals surface area contributed by atoms with E-state index in [-0.39, 0.29) is 5.95 Å². The highest BCUT2D eigenvalue weighted by Gasteiger charge is 2.14. The monoisotopic (exact) mass is 306 g/mol. The minimum absolute atomic E-state index is 0.0863. The minimum Gasteiger partial charge on any atom is -0.366 e. The van der Waals surface area contributed by atoms with Crippen LogP contribution < -0.4 is 5.73 Å². The fourth-order valence-electron chi connectivity index (χ4n) is 2.46. The fourth-order valence-corrected chi connectivity index (χ4v) is 2.46. The number of rotatable bonds is 2. The number of anilines is 1. The maximum absolute atomic E-state index is 13.7. The highest BCUT2D eigenvalue weighted by Crippen LogP contribution is 2.30. The summed E-state index contributed by atoms with van der Waals surface area (Å²) in [5.74, 6) is -0.470. The Kier molecular flexibility index (Phi) is 2.97. The van der Waals surface area contributed by atoms with Crippen LogP contribution in [0.1, 0.15) is 0 Å². The molecule has 6 nitrogen and oxygen atoms in total. The van der Waals surface area contributed by atoms with E-state index in [1.54, 1.807) is 12.1 Å². The number of nitrogen functional groups attached to an aromatic ring is 1. The van der Waals surface area contributed by atoms with Gasteiger partial charge in [-0.05, 0) is 12.1 Å². The van der Waals surface area contributed by atoms with E-state index in [9.17, 15) is 4.39 Å². The van der Waals surface area contributed by atoms with Gasteiger partial charge in [-0.1, -0.05) is 36.4 Å². The van der Waals surface area contributed by atoms with Gasteiger partial charge in [0.2, 0.25) is 11.9 Å². The molecule has 2 aromatic heterocycles. The fraction of sp³-hybridized carbons (Fsp3) is 0. The molecule has 23 heavy (non-hydrogen) atoms. The van der Waals surface area contributed by atoms with Gasteiger partial charge in [0.25, 0.3) is 0 Å². The molecular formula is C16H11FN6. The van der Waals surface area contributed by atoms with E-state index in [1.807, 2.05) is 36.4 Å². The zero-order valence-corrected chi connectivity index (χ0v) is 11.9. The zero-order valence-electron chi connectivity index (χ0n) is 11.9. The van der Waals surface area contributed by atoms with E-state index < -0.39 is 5.95 Å². The van der Waals surface area contributed by atoms with Gasteiger partial charge >= 0.3 is 0 Å². The lowest BCUT2D eigenvalue weighted by Gasteiger charge is -2.08. The van der Waals surface area contributed by atoms with Crippen molar-refractivity contribution in [2.75, 3.05) is 5.73 Å². The van der Waals surface area contributed by atoms with Gasteiger partial charge in [0.15, 0.2) is 0 Å². The minimum atomic E-state index is -0.556. The first-order valence-corrected chi connectivity index (χ1v) is 6.92. The SMILES string of the molecule is Nc1nnc(-c2ccc3[nH]nc(F)c3c2)c(-c2ccccc2)n1. The van der Waals surface area contributed by atoms with Gasteiger partial charge in [-0.25, -0.2) is 4.98 Å². The van der Waals surface area contributed by atoms with E-state index in [1.165, 1.54) is 0 Å². The molecule has 0 radical (unpaired) electrons. The molecule has 0 aliphatic heterocycles. The average molecular weight is 306 g/mol. The smallest absolute Gasteiger partial charge is 0.240 e. The Morgan fingerprint density at radius 1 is 0.913 bits per heavy atom. The molecule has 2 aromatic carbocycles. The van der Waals surface area contributed by atoms with Crippen LogP contribution in [0.25, 0.3) is 33.4 Å². The van der Waals surface area contributed by atoms with Crippen LogP contribution in [-0.2, 0) is 0 Å². The molecule has 2 heterocycles.